The zero-order valence-electron chi connectivity index (χ0n) is 20.4. The van der Waals surface area contributed by atoms with E-state index in [1.54, 1.807) is 30.3 Å². The second-order valence-electron chi connectivity index (χ2n) is 7.71. The molecular formula is C26H22Br2N2O8. The number of carbonyl (C=O) groups excluding carboxylic acids is 2. The van der Waals surface area contributed by atoms with Crippen LogP contribution < -0.4 is 33.8 Å². The maximum atomic E-state index is 13.1. The fraction of sp³-hybridized carbons (Fsp3) is 0.192. The molecule has 1 aliphatic rings. The van der Waals surface area contributed by atoms with Gasteiger partial charge in [0, 0.05) is 10.0 Å². The Morgan fingerprint density at radius 3 is 2.32 bits per heavy atom. The van der Waals surface area contributed by atoms with Gasteiger partial charge in [-0.3, -0.25) is 4.79 Å². The standard InChI is InChI=1S/C26H22Br2N2O8/c1-33-20-9-14(10-21(34-2)24(20)35-3)26(32)38-23-15(8-16(27)11-17(23)28)12-29-30-25(31)22-13-36-18-6-4-5-7-19(18)37-22/h4-12,22H,13H2,1-3H3,(H,30,31)/b29-12+/t22-/m0/s1. The first kappa shape index (κ1) is 27.3. The Hall–Kier alpha value is -3.77. The van der Waals surface area contributed by atoms with E-state index in [-0.39, 0.29) is 17.9 Å². The van der Waals surface area contributed by atoms with Crippen LogP contribution in [0.15, 0.2) is 62.6 Å². The van der Waals surface area contributed by atoms with Gasteiger partial charge in [0.25, 0.3) is 5.91 Å². The highest BCUT2D eigenvalue weighted by Crippen LogP contribution is 2.39. The van der Waals surface area contributed by atoms with Crippen molar-refractivity contribution in [1.82, 2.24) is 5.43 Å². The summed E-state index contributed by atoms with van der Waals surface area (Å²) in [6, 6.07) is 13.4. The molecule has 1 N–H and O–H groups in total. The number of esters is 1. The van der Waals surface area contributed by atoms with Crippen LogP contribution in [-0.4, -0.2) is 52.1 Å². The molecule has 1 amide bonds. The molecule has 0 unspecified atom stereocenters. The highest BCUT2D eigenvalue weighted by atomic mass is 79.9. The van der Waals surface area contributed by atoms with Crippen molar-refractivity contribution in [3.8, 4) is 34.5 Å². The third kappa shape index (κ3) is 6.03. The third-order valence-electron chi connectivity index (χ3n) is 5.31. The summed E-state index contributed by atoms with van der Waals surface area (Å²) < 4.78 is 34.1. The quantitative estimate of drug-likeness (QED) is 0.161. The number of halogens is 2. The lowest BCUT2D eigenvalue weighted by Crippen LogP contribution is -2.42. The van der Waals surface area contributed by atoms with Crippen molar-refractivity contribution in [3.63, 3.8) is 0 Å². The summed E-state index contributed by atoms with van der Waals surface area (Å²) in [5.41, 5.74) is 3.00. The number of nitrogens with one attached hydrogen (secondary N) is 1. The summed E-state index contributed by atoms with van der Waals surface area (Å²) in [5, 5.41) is 4.02. The topological polar surface area (TPSA) is 114 Å². The van der Waals surface area contributed by atoms with E-state index in [1.807, 2.05) is 6.07 Å². The molecule has 198 valence electrons. The molecule has 3 aromatic carbocycles. The van der Waals surface area contributed by atoms with E-state index in [0.717, 1.165) is 0 Å². The fourth-order valence-electron chi connectivity index (χ4n) is 3.52. The van der Waals surface area contributed by atoms with Gasteiger partial charge in [0.15, 0.2) is 28.7 Å². The minimum absolute atomic E-state index is 0.0401. The summed E-state index contributed by atoms with van der Waals surface area (Å²) in [5.74, 6) is 0.979. The Kier molecular flexibility index (Phi) is 8.74. The molecule has 1 atom stereocenters. The van der Waals surface area contributed by atoms with E-state index in [2.05, 4.69) is 42.4 Å². The second kappa shape index (κ2) is 12.2. The Labute approximate surface area is 235 Å². The first-order valence-electron chi connectivity index (χ1n) is 11.1. The molecule has 0 radical (unpaired) electrons. The number of hydrogen-bond acceptors (Lipinski definition) is 9. The molecular weight excluding hydrogens is 628 g/mol. The number of amides is 1. The lowest BCUT2D eigenvalue weighted by molar-refractivity contribution is -0.130. The van der Waals surface area contributed by atoms with E-state index in [0.29, 0.717) is 43.3 Å². The zero-order valence-corrected chi connectivity index (χ0v) is 23.6. The zero-order chi connectivity index (χ0) is 27.2. The van der Waals surface area contributed by atoms with Crippen molar-refractivity contribution >= 4 is 50.0 Å². The van der Waals surface area contributed by atoms with Crippen LogP contribution in [0.3, 0.4) is 0 Å². The van der Waals surface area contributed by atoms with Crippen molar-refractivity contribution in [2.45, 2.75) is 6.10 Å². The second-order valence-corrected chi connectivity index (χ2v) is 9.48. The largest absolute Gasteiger partial charge is 0.493 e. The Bertz CT molecular complexity index is 1370. The van der Waals surface area contributed by atoms with Gasteiger partial charge in [-0.05, 0) is 52.3 Å². The van der Waals surface area contributed by atoms with Gasteiger partial charge in [-0.25, -0.2) is 10.2 Å². The molecule has 0 aliphatic carbocycles. The van der Waals surface area contributed by atoms with Crippen LogP contribution in [0.2, 0.25) is 0 Å². The summed E-state index contributed by atoms with van der Waals surface area (Å²) in [6.07, 6.45) is 0.469. The van der Waals surface area contributed by atoms with Gasteiger partial charge in [0.05, 0.1) is 37.6 Å². The molecule has 0 saturated heterocycles. The van der Waals surface area contributed by atoms with Gasteiger partial charge in [0.2, 0.25) is 11.9 Å². The van der Waals surface area contributed by atoms with Gasteiger partial charge in [-0.15, -0.1) is 0 Å². The SMILES string of the molecule is COc1cc(C(=O)Oc2c(Br)cc(Br)cc2/C=N/NC(=O)[C@@H]2COc3ccccc3O2)cc(OC)c1OC. The predicted octanol–water partition coefficient (Wildman–Crippen LogP) is 4.75. The van der Waals surface area contributed by atoms with E-state index in [9.17, 15) is 9.59 Å². The maximum absolute atomic E-state index is 13.1. The van der Waals surface area contributed by atoms with Gasteiger partial charge >= 0.3 is 5.97 Å². The van der Waals surface area contributed by atoms with E-state index < -0.39 is 18.0 Å². The van der Waals surface area contributed by atoms with Crippen molar-refractivity contribution in [3.05, 3.63) is 68.6 Å². The van der Waals surface area contributed by atoms with Crippen molar-refractivity contribution in [2.75, 3.05) is 27.9 Å². The summed E-state index contributed by atoms with van der Waals surface area (Å²) in [7, 11) is 4.36. The lowest BCUT2D eigenvalue weighted by atomic mass is 10.1. The van der Waals surface area contributed by atoms with Crippen LogP contribution >= 0.6 is 31.9 Å². The molecule has 1 heterocycles. The number of methoxy groups -OCH3 is 3. The molecule has 0 aromatic heterocycles. The number of nitrogens with zero attached hydrogens (tertiary/aromatic N) is 1. The van der Waals surface area contributed by atoms with Crippen molar-refractivity contribution in [1.29, 1.82) is 0 Å². The molecule has 38 heavy (non-hydrogen) atoms. The summed E-state index contributed by atoms with van der Waals surface area (Å²) >= 11 is 6.82. The van der Waals surface area contributed by atoms with Crippen LogP contribution in [0.5, 0.6) is 34.5 Å². The number of benzene rings is 3. The van der Waals surface area contributed by atoms with Crippen LogP contribution in [0.1, 0.15) is 15.9 Å². The first-order chi connectivity index (χ1) is 18.3. The van der Waals surface area contributed by atoms with Gasteiger partial charge in [-0.1, -0.05) is 28.1 Å². The average Bonchev–Trinajstić information content (AvgIpc) is 2.93. The maximum Gasteiger partial charge on any atom is 0.343 e. The highest BCUT2D eigenvalue weighted by Gasteiger charge is 2.27. The highest BCUT2D eigenvalue weighted by molar-refractivity contribution is 9.11. The Morgan fingerprint density at radius 1 is 0.974 bits per heavy atom. The van der Waals surface area contributed by atoms with Crippen molar-refractivity contribution < 1.29 is 38.0 Å². The fourth-order valence-corrected chi connectivity index (χ4v) is 4.86. The number of hydrogen-bond donors (Lipinski definition) is 1. The Balaban J connectivity index is 1.52. The third-order valence-corrected chi connectivity index (χ3v) is 6.36. The average molecular weight is 650 g/mol. The summed E-state index contributed by atoms with van der Waals surface area (Å²) in [4.78, 5) is 25.7. The van der Waals surface area contributed by atoms with E-state index in [1.165, 1.54) is 39.7 Å². The monoisotopic (exact) mass is 648 g/mol. The number of carbonyl (C=O) groups is 2. The number of hydrazone groups is 1. The first-order valence-corrected chi connectivity index (χ1v) is 12.7. The molecule has 0 bridgehead atoms. The minimum atomic E-state index is -0.881. The molecule has 3 aromatic rings. The normalized spacial score (nSPS) is 14.1. The molecule has 12 heteroatoms. The molecule has 1 aliphatic heterocycles. The Morgan fingerprint density at radius 2 is 1.66 bits per heavy atom. The van der Waals surface area contributed by atoms with Crippen molar-refractivity contribution in [2.24, 2.45) is 5.10 Å². The smallest absolute Gasteiger partial charge is 0.343 e. The number of rotatable bonds is 8. The van der Waals surface area contributed by atoms with Gasteiger partial charge < -0.3 is 28.4 Å². The number of ether oxygens (including phenoxy) is 6. The van der Waals surface area contributed by atoms with Crippen LogP contribution in [0.4, 0.5) is 0 Å². The lowest BCUT2D eigenvalue weighted by Gasteiger charge is -2.24. The molecule has 0 fully saturated rings. The number of para-hydroxylation sites is 2. The van der Waals surface area contributed by atoms with Crippen LogP contribution in [-0.2, 0) is 4.79 Å². The van der Waals surface area contributed by atoms with Crippen LogP contribution in [0.25, 0.3) is 0 Å². The predicted molar refractivity (Wildman–Crippen MR) is 145 cm³/mol. The molecule has 4 rings (SSSR count). The minimum Gasteiger partial charge on any atom is -0.493 e. The van der Waals surface area contributed by atoms with Crippen LogP contribution in [0, 0.1) is 0 Å². The molecule has 10 nitrogen and oxygen atoms in total. The van der Waals surface area contributed by atoms with Gasteiger partial charge in [-0.2, -0.15) is 5.10 Å². The molecule has 0 saturated carbocycles. The number of fused-ring (bicyclic) bond motifs is 1. The van der Waals surface area contributed by atoms with E-state index >= 15 is 0 Å². The van der Waals surface area contributed by atoms with Gasteiger partial charge in [0.1, 0.15) is 6.61 Å². The van der Waals surface area contributed by atoms with E-state index in [4.69, 9.17) is 28.4 Å². The summed E-state index contributed by atoms with van der Waals surface area (Å²) in [6.45, 7) is 0.0401. The molecule has 0 spiro atoms.